The first-order valence-corrected chi connectivity index (χ1v) is 9.39. The van der Waals surface area contributed by atoms with Gasteiger partial charge in [0.05, 0.1) is 16.1 Å². The molecule has 0 atom stereocenters. The number of para-hydroxylation sites is 1. The normalized spacial score (nSPS) is 14.5. The van der Waals surface area contributed by atoms with Gasteiger partial charge >= 0.3 is 0 Å². The summed E-state index contributed by atoms with van der Waals surface area (Å²) in [5.74, 6) is -0.281. The molecule has 1 aliphatic rings. The molecule has 132 valence electrons. The fraction of sp³-hybridized carbons (Fsp3) is 0.200. The monoisotopic (exact) mass is 367 g/mol. The van der Waals surface area contributed by atoms with Crippen LogP contribution in [-0.4, -0.2) is 42.0 Å². The van der Waals surface area contributed by atoms with E-state index in [4.69, 9.17) is 0 Å². The molecular weight excluding hydrogens is 349 g/mol. The topological polar surface area (TPSA) is 36.4 Å². The Morgan fingerprint density at radius 1 is 0.962 bits per heavy atom. The van der Waals surface area contributed by atoms with Crippen molar-refractivity contribution in [3.8, 4) is 10.4 Å². The SMILES string of the molecule is O=C(c1ncsc1-c1ccccc1)N1CCN(c2ccccc2F)CC1. The van der Waals surface area contributed by atoms with Crippen LogP contribution in [0.3, 0.4) is 0 Å². The molecular formula is C20H18FN3OS. The molecule has 2 aromatic carbocycles. The van der Waals surface area contributed by atoms with Crippen LogP contribution in [0.2, 0.25) is 0 Å². The number of carbonyl (C=O) groups is 1. The van der Waals surface area contributed by atoms with Gasteiger partial charge in [0.15, 0.2) is 0 Å². The molecule has 0 saturated carbocycles. The fourth-order valence-electron chi connectivity index (χ4n) is 3.20. The average molecular weight is 367 g/mol. The van der Waals surface area contributed by atoms with Gasteiger partial charge in [-0.05, 0) is 17.7 Å². The van der Waals surface area contributed by atoms with Crippen molar-refractivity contribution in [2.45, 2.75) is 0 Å². The Kier molecular flexibility index (Phi) is 4.67. The Balaban J connectivity index is 1.48. The van der Waals surface area contributed by atoms with Crippen LogP contribution in [0.1, 0.15) is 10.5 Å². The van der Waals surface area contributed by atoms with E-state index in [0.717, 1.165) is 10.4 Å². The maximum atomic E-state index is 14.0. The van der Waals surface area contributed by atoms with Gasteiger partial charge in [-0.15, -0.1) is 11.3 Å². The Bertz CT molecular complexity index is 904. The third-order valence-electron chi connectivity index (χ3n) is 4.57. The summed E-state index contributed by atoms with van der Waals surface area (Å²) >= 11 is 1.48. The maximum Gasteiger partial charge on any atom is 0.274 e. The van der Waals surface area contributed by atoms with E-state index < -0.39 is 0 Å². The summed E-state index contributed by atoms with van der Waals surface area (Å²) in [6.45, 7) is 2.33. The van der Waals surface area contributed by atoms with Gasteiger partial charge in [-0.3, -0.25) is 4.79 Å². The van der Waals surface area contributed by atoms with Crippen LogP contribution >= 0.6 is 11.3 Å². The number of nitrogens with zero attached hydrogens (tertiary/aromatic N) is 3. The maximum absolute atomic E-state index is 14.0. The summed E-state index contributed by atoms with van der Waals surface area (Å²) in [5, 5.41) is 0. The van der Waals surface area contributed by atoms with E-state index in [0.29, 0.717) is 37.6 Å². The summed E-state index contributed by atoms with van der Waals surface area (Å²) in [6.07, 6.45) is 0. The number of carbonyl (C=O) groups excluding carboxylic acids is 1. The van der Waals surface area contributed by atoms with Crippen LogP contribution in [0.4, 0.5) is 10.1 Å². The number of thiazole rings is 1. The first-order valence-electron chi connectivity index (χ1n) is 8.51. The second-order valence-electron chi connectivity index (χ2n) is 6.13. The highest BCUT2D eigenvalue weighted by Gasteiger charge is 2.26. The summed E-state index contributed by atoms with van der Waals surface area (Å²) in [5.41, 5.74) is 3.81. The summed E-state index contributed by atoms with van der Waals surface area (Å²) in [4.78, 5) is 21.9. The number of amides is 1. The van der Waals surface area contributed by atoms with Crippen LogP contribution < -0.4 is 4.90 Å². The number of hydrogen-bond donors (Lipinski definition) is 0. The molecule has 0 spiro atoms. The lowest BCUT2D eigenvalue weighted by molar-refractivity contribution is 0.0742. The highest BCUT2D eigenvalue weighted by molar-refractivity contribution is 7.13. The van der Waals surface area contributed by atoms with Gasteiger partial charge in [-0.25, -0.2) is 9.37 Å². The Morgan fingerprint density at radius 3 is 2.38 bits per heavy atom. The zero-order valence-electron chi connectivity index (χ0n) is 14.1. The van der Waals surface area contributed by atoms with E-state index in [1.165, 1.54) is 17.4 Å². The van der Waals surface area contributed by atoms with Crippen molar-refractivity contribution in [2.24, 2.45) is 0 Å². The van der Waals surface area contributed by atoms with E-state index in [-0.39, 0.29) is 11.7 Å². The van der Waals surface area contributed by atoms with E-state index in [1.54, 1.807) is 22.5 Å². The number of piperazine rings is 1. The minimum atomic E-state index is -0.224. The molecule has 1 saturated heterocycles. The summed E-state index contributed by atoms with van der Waals surface area (Å²) in [6, 6.07) is 16.6. The van der Waals surface area contributed by atoms with E-state index in [9.17, 15) is 9.18 Å². The minimum absolute atomic E-state index is 0.0571. The van der Waals surface area contributed by atoms with Gasteiger partial charge in [0.2, 0.25) is 0 Å². The average Bonchev–Trinajstić information content (AvgIpc) is 3.18. The highest BCUT2D eigenvalue weighted by atomic mass is 32.1. The second-order valence-corrected chi connectivity index (χ2v) is 6.98. The molecule has 0 radical (unpaired) electrons. The molecule has 4 rings (SSSR count). The van der Waals surface area contributed by atoms with Crippen molar-refractivity contribution in [1.29, 1.82) is 0 Å². The zero-order valence-corrected chi connectivity index (χ0v) is 15.0. The zero-order chi connectivity index (χ0) is 17.9. The lowest BCUT2D eigenvalue weighted by atomic mass is 10.1. The summed E-state index contributed by atoms with van der Waals surface area (Å²) < 4.78 is 14.0. The van der Waals surface area contributed by atoms with Crippen LogP contribution in [0.15, 0.2) is 60.1 Å². The van der Waals surface area contributed by atoms with Crippen molar-refractivity contribution in [3.63, 3.8) is 0 Å². The van der Waals surface area contributed by atoms with Crippen LogP contribution in [-0.2, 0) is 0 Å². The minimum Gasteiger partial charge on any atom is -0.366 e. The van der Waals surface area contributed by atoms with Crippen molar-refractivity contribution in [1.82, 2.24) is 9.88 Å². The highest BCUT2D eigenvalue weighted by Crippen LogP contribution is 2.29. The summed E-state index contributed by atoms with van der Waals surface area (Å²) in [7, 11) is 0. The smallest absolute Gasteiger partial charge is 0.274 e. The Hall–Kier alpha value is -2.73. The van der Waals surface area contributed by atoms with Crippen LogP contribution in [0.25, 0.3) is 10.4 Å². The second kappa shape index (κ2) is 7.25. The largest absolute Gasteiger partial charge is 0.366 e. The number of hydrogen-bond acceptors (Lipinski definition) is 4. The third kappa shape index (κ3) is 3.20. The van der Waals surface area contributed by atoms with Crippen molar-refractivity contribution in [3.05, 3.63) is 71.6 Å². The molecule has 4 nitrogen and oxygen atoms in total. The van der Waals surface area contributed by atoms with Gasteiger partial charge in [0.1, 0.15) is 11.5 Å². The number of benzene rings is 2. The molecule has 0 N–H and O–H groups in total. The van der Waals surface area contributed by atoms with Gasteiger partial charge in [-0.1, -0.05) is 42.5 Å². The van der Waals surface area contributed by atoms with Crippen LogP contribution in [0.5, 0.6) is 0 Å². The number of aromatic nitrogens is 1. The number of anilines is 1. The molecule has 1 fully saturated rings. The van der Waals surface area contributed by atoms with E-state index >= 15 is 0 Å². The predicted octanol–water partition coefficient (Wildman–Crippen LogP) is 3.91. The molecule has 3 aromatic rings. The molecule has 6 heteroatoms. The van der Waals surface area contributed by atoms with Crippen molar-refractivity contribution in [2.75, 3.05) is 31.1 Å². The Labute approximate surface area is 155 Å². The first kappa shape index (κ1) is 16.7. The molecule has 2 heterocycles. The van der Waals surface area contributed by atoms with Crippen molar-refractivity contribution < 1.29 is 9.18 Å². The molecule has 1 aromatic heterocycles. The van der Waals surface area contributed by atoms with E-state index in [1.807, 2.05) is 41.3 Å². The van der Waals surface area contributed by atoms with E-state index in [2.05, 4.69) is 4.98 Å². The molecule has 0 bridgehead atoms. The lowest BCUT2D eigenvalue weighted by Gasteiger charge is -2.36. The molecule has 0 aliphatic carbocycles. The quantitative estimate of drug-likeness (QED) is 0.704. The number of rotatable bonds is 3. The fourth-order valence-corrected chi connectivity index (χ4v) is 3.99. The Morgan fingerprint density at radius 2 is 1.65 bits per heavy atom. The standard InChI is InChI=1S/C20H18FN3OS/c21-16-8-4-5-9-17(16)23-10-12-24(13-11-23)20(25)18-19(26-14-22-18)15-6-2-1-3-7-15/h1-9,14H,10-13H2. The van der Waals surface area contributed by atoms with Gasteiger partial charge < -0.3 is 9.80 Å². The third-order valence-corrected chi connectivity index (χ3v) is 5.44. The molecule has 1 aliphatic heterocycles. The number of halogens is 1. The molecule has 1 amide bonds. The van der Waals surface area contributed by atoms with Crippen molar-refractivity contribution >= 4 is 22.9 Å². The predicted molar refractivity (Wildman–Crippen MR) is 102 cm³/mol. The lowest BCUT2D eigenvalue weighted by Crippen LogP contribution is -2.49. The van der Waals surface area contributed by atoms with Gasteiger partial charge in [0.25, 0.3) is 5.91 Å². The van der Waals surface area contributed by atoms with Gasteiger partial charge in [-0.2, -0.15) is 0 Å². The molecule has 26 heavy (non-hydrogen) atoms. The first-order chi connectivity index (χ1) is 12.7. The van der Waals surface area contributed by atoms with Crippen LogP contribution in [0, 0.1) is 5.82 Å². The molecule has 0 unspecified atom stereocenters. The van der Waals surface area contributed by atoms with Gasteiger partial charge in [0, 0.05) is 26.2 Å².